The fourth-order valence-electron chi connectivity index (χ4n) is 1.74. The number of rotatable bonds is 4. The highest BCUT2D eigenvalue weighted by Crippen LogP contribution is 2.20. The molecule has 0 aliphatic carbocycles. The standard InChI is InChI=1S/C12H9ClN6O2S/c13-7-1-3-8(4-2-7)22-6-18-12(21)19-11(16-17-18)9(5-15-19)10(14)20/h1-5H,6H2,(H2,14,20). The Morgan fingerprint density at radius 1 is 1.32 bits per heavy atom. The van der Waals surface area contributed by atoms with Crippen LogP contribution in [0.3, 0.4) is 0 Å². The van der Waals surface area contributed by atoms with E-state index in [1.807, 2.05) is 12.1 Å². The SMILES string of the molecule is NC(=O)c1cnn2c(=O)n(CSc3ccc(Cl)cc3)nnc12. The molecule has 2 aromatic heterocycles. The van der Waals surface area contributed by atoms with Gasteiger partial charge in [0.05, 0.1) is 12.1 Å². The molecule has 0 aliphatic heterocycles. The third kappa shape index (κ3) is 2.68. The second-order valence-corrected chi connectivity index (χ2v) is 5.71. The Labute approximate surface area is 132 Å². The first-order valence-corrected chi connectivity index (χ1v) is 7.42. The van der Waals surface area contributed by atoms with Crippen LogP contribution < -0.4 is 11.4 Å². The van der Waals surface area contributed by atoms with E-state index in [9.17, 15) is 9.59 Å². The number of carbonyl (C=O) groups excluding carboxylic acids is 1. The van der Waals surface area contributed by atoms with Gasteiger partial charge >= 0.3 is 5.69 Å². The number of benzene rings is 1. The predicted octanol–water partition coefficient (Wildman–Crippen LogP) is 0.788. The van der Waals surface area contributed by atoms with E-state index in [4.69, 9.17) is 17.3 Å². The molecule has 22 heavy (non-hydrogen) atoms. The molecule has 0 bridgehead atoms. The number of carbonyl (C=O) groups is 1. The van der Waals surface area contributed by atoms with Crippen molar-refractivity contribution < 1.29 is 4.79 Å². The number of aromatic nitrogens is 5. The molecule has 0 aliphatic rings. The van der Waals surface area contributed by atoms with Crippen LogP contribution in [0.4, 0.5) is 0 Å². The Hall–Kier alpha value is -2.39. The van der Waals surface area contributed by atoms with Crippen LogP contribution in [-0.2, 0) is 5.88 Å². The summed E-state index contributed by atoms with van der Waals surface area (Å²) in [7, 11) is 0. The first-order chi connectivity index (χ1) is 10.6. The highest BCUT2D eigenvalue weighted by Gasteiger charge is 2.14. The molecule has 1 aromatic carbocycles. The smallest absolute Gasteiger partial charge is 0.365 e. The molecule has 2 heterocycles. The van der Waals surface area contributed by atoms with E-state index in [1.54, 1.807) is 12.1 Å². The first-order valence-electron chi connectivity index (χ1n) is 6.06. The summed E-state index contributed by atoms with van der Waals surface area (Å²) < 4.78 is 2.14. The van der Waals surface area contributed by atoms with E-state index in [1.165, 1.54) is 18.0 Å². The molecule has 3 aromatic rings. The Balaban J connectivity index is 1.88. The minimum atomic E-state index is -0.711. The molecule has 2 N–H and O–H groups in total. The van der Waals surface area contributed by atoms with Crippen LogP contribution in [0.5, 0.6) is 0 Å². The number of halogens is 1. The van der Waals surface area contributed by atoms with Gasteiger partial charge in [0.15, 0.2) is 5.65 Å². The van der Waals surface area contributed by atoms with Crippen LogP contribution >= 0.6 is 23.4 Å². The van der Waals surface area contributed by atoms with Crippen molar-refractivity contribution in [3.8, 4) is 0 Å². The lowest BCUT2D eigenvalue weighted by Crippen LogP contribution is -2.30. The van der Waals surface area contributed by atoms with Crippen molar-refractivity contribution in [1.82, 2.24) is 24.6 Å². The zero-order chi connectivity index (χ0) is 15.7. The Kier molecular flexibility index (Phi) is 3.82. The van der Waals surface area contributed by atoms with Gasteiger partial charge in [0.25, 0.3) is 5.91 Å². The maximum Gasteiger partial charge on any atom is 0.369 e. The van der Waals surface area contributed by atoms with Crippen LogP contribution in [0, 0.1) is 0 Å². The maximum atomic E-state index is 12.2. The van der Waals surface area contributed by atoms with E-state index in [0.717, 1.165) is 14.1 Å². The fraction of sp³-hybridized carbons (Fsp3) is 0.0833. The number of hydrogen-bond donors (Lipinski definition) is 1. The average molecular weight is 337 g/mol. The van der Waals surface area contributed by atoms with Crippen LogP contribution in [0.15, 0.2) is 40.2 Å². The Bertz CT molecular complexity index is 904. The number of fused-ring (bicyclic) bond motifs is 1. The molecule has 3 rings (SSSR count). The van der Waals surface area contributed by atoms with E-state index in [2.05, 4.69) is 15.4 Å². The van der Waals surface area contributed by atoms with Gasteiger partial charge in [-0.15, -0.1) is 16.9 Å². The molecule has 112 valence electrons. The zero-order valence-corrected chi connectivity index (χ0v) is 12.6. The van der Waals surface area contributed by atoms with Crippen molar-refractivity contribution in [2.45, 2.75) is 10.8 Å². The number of primary amides is 1. The van der Waals surface area contributed by atoms with Crippen molar-refractivity contribution in [1.29, 1.82) is 0 Å². The summed E-state index contributed by atoms with van der Waals surface area (Å²) in [4.78, 5) is 24.3. The molecule has 0 saturated carbocycles. The van der Waals surface area contributed by atoms with Crippen LogP contribution in [-0.4, -0.2) is 30.5 Å². The van der Waals surface area contributed by atoms with Gasteiger partial charge in [0.1, 0.15) is 5.56 Å². The van der Waals surface area contributed by atoms with Crippen LogP contribution in [0.1, 0.15) is 10.4 Å². The highest BCUT2D eigenvalue weighted by molar-refractivity contribution is 7.98. The van der Waals surface area contributed by atoms with Gasteiger partial charge in [-0.05, 0) is 24.3 Å². The first kappa shape index (κ1) is 14.5. The molecule has 0 radical (unpaired) electrons. The third-order valence-corrected chi connectivity index (χ3v) is 4.06. The molecule has 0 spiro atoms. The predicted molar refractivity (Wildman–Crippen MR) is 80.9 cm³/mol. The summed E-state index contributed by atoms with van der Waals surface area (Å²) in [5.74, 6) is -0.466. The fourth-order valence-corrected chi connectivity index (χ4v) is 2.63. The normalized spacial score (nSPS) is 11.0. The van der Waals surface area contributed by atoms with Crippen molar-refractivity contribution in [3.63, 3.8) is 0 Å². The summed E-state index contributed by atoms with van der Waals surface area (Å²) >= 11 is 7.20. The lowest BCUT2D eigenvalue weighted by Gasteiger charge is -2.04. The van der Waals surface area contributed by atoms with Crippen LogP contribution in [0.2, 0.25) is 5.02 Å². The molecule has 0 fully saturated rings. The number of amides is 1. The second kappa shape index (κ2) is 5.78. The number of hydrogen-bond acceptors (Lipinski definition) is 6. The van der Waals surface area contributed by atoms with Gasteiger partial charge in [0, 0.05) is 9.92 Å². The van der Waals surface area contributed by atoms with Crippen LogP contribution in [0.25, 0.3) is 5.65 Å². The summed E-state index contributed by atoms with van der Waals surface area (Å²) in [6, 6.07) is 7.19. The number of nitrogens with two attached hydrogens (primary N) is 1. The topological polar surface area (TPSA) is 108 Å². The summed E-state index contributed by atoms with van der Waals surface area (Å²) in [6.45, 7) is 0. The Morgan fingerprint density at radius 2 is 2.05 bits per heavy atom. The number of thioether (sulfide) groups is 1. The van der Waals surface area contributed by atoms with Gasteiger partial charge < -0.3 is 5.73 Å². The Morgan fingerprint density at radius 3 is 2.73 bits per heavy atom. The summed E-state index contributed by atoms with van der Waals surface area (Å²) in [6.07, 6.45) is 1.20. The number of nitrogens with zero attached hydrogens (tertiary/aromatic N) is 5. The average Bonchev–Trinajstić information content (AvgIpc) is 2.93. The van der Waals surface area contributed by atoms with E-state index in [-0.39, 0.29) is 17.1 Å². The molecule has 1 amide bonds. The second-order valence-electron chi connectivity index (χ2n) is 4.26. The molecule has 8 nitrogen and oxygen atoms in total. The minimum Gasteiger partial charge on any atom is -0.365 e. The van der Waals surface area contributed by atoms with Crippen molar-refractivity contribution in [3.05, 3.63) is 51.5 Å². The van der Waals surface area contributed by atoms with Gasteiger partial charge in [-0.3, -0.25) is 4.79 Å². The van der Waals surface area contributed by atoms with E-state index >= 15 is 0 Å². The van der Waals surface area contributed by atoms with Gasteiger partial charge in [-0.25, -0.2) is 4.79 Å². The molecule has 0 unspecified atom stereocenters. The van der Waals surface area contributed by atoms with Gasteiger partial charge in [-0.1, -0.05) is 16.8 Å². The van der Waals surface area contributed by atoms with Crippen molar-refractivity contribution in [2.75, 3.05) is 0 Å². The zero-order valence-electron chi connectivity index (χ0n) is 11.0. The van der Waals surface area contributed by atoms with Crippen molar-refractivity contribution in [2.24, 2.45) is 5.73 Å². The molecular formula is C12H9ClN6O2S. The molecule has 0 saturated heterocycles. The molecule has 10 heteroatoms. The third-order valence-electron chi connectivity index (χ3n) is 2.83. The summed E-state index contributed by atoms with van der Waals surface area (Å²) in [5, 5.41) is 12.1. The molecule has 0 atom stereocenters. The van der Waals surface area contributed by atoms with Crippen molar-refractivity contribution >= 4 is 34.9 Å². The quantitative estimate of drug-likeness (QED) is 0.705. The lowest BCUT2D eigenvalue weighted by molar-refractivity contribution is 0.100. The van der Waals surface area contributed by atoms with E-state index in [0.29, 0.717) is 5.02 Å². The monoisotopic (exact) mass is 336 g/mol. The van der Waals surface area contributed by atoms with Gasteiger partial charge in [-0.2, -0.15) is 14.3 Å². The molecular weight excluding hydrogens is 328 g/mol. The minimum absolute atomic E-state index is 0.0465. The summed E-state index contributed by atoms with van der Waals surface area (Å²) in [5.41, 5.74) is 4.78. The van der Waals surface area contributed by atoms with Gasteiger partial charge in [0.2, 0.25) is 0 Å². The highest BCUT2D eigenvalue weighted by atomic mass is 35.5. The largest absolute Gasteiger partial charge is 0.369 e. The van der Waals surface area contributed by atoms with E-state index < -0.39 is 11.6 Å². The maximum absolute atomic E-state index is 12.2. The lowest BCUT2D eigenvalue weighted by atomic mass is 10.3.